The zero-order chi connectivity index (χ0) is 25.7. The second-order valence-electron chi connectivity index (χ2n) is 8.67. The zero-order valence-corrected chi connectivity index (χ0v) is 20.4. The number of halogens is 2. The van der Waals surface area contributed by atoms with E-state index >= 15 is 0 Å². The quantitative estimate of drug-likeness (QED) is 0.288. The lowest BCUT2D eigenvalue weighted by atomic mass is 10.0. The van der Waals surface area contributed by atoms with E-state index in [0.29, 0.717) is 46.6 Å². The standard InChI is InChI=1S/C28H25ClFN3O3/c1-17(28(35)36)3-2-4-24-26(19-7-10-21(29)11-8-19)33-23-14-9-20(15-25(23)32-24)27(34)31-16-18-5-12-22(30)13-6-18/h5-15,17H,2-4,16H2,1H3,(H,31,34)(H,35,36). The number of hydrogen-bond acceptors (Lipinski definition) is 4. The Balaban J connectivity index is 1.60. The average molecular weight is 506 g/mol. The molecule has 1 aromatic heterocycles. The first-order valence-electron chi connectivity index (χ1n) is 11.6. The molecule has 4 rings (SSSR count). The first-order chi connectivity index (χ1) is 17.3. The fraction of sp³-hybridized carbons (Fsp3) is 0.214. The summed E-state index contributed by atoms with van der Waals surface area (Å²) in [7, 11) is 0. The average Bonchev–Trinajstić information content (AvgIpc) is 2.87. The summed E-state index contributed by atoms with van der Waals surface area (Å²) >= 11 is 6.05. The Labute approximate surface area is 213 Å². The van der Waals surface area contributed by atoms with E-state index in [1.165, 1.54) is 12.1 Å². The van der Waals surface area contributed by atoms with Crippen molar-refractivity contribution in [3.05, 3.63) is 94.4 Å². The van der Waals surface area contributed by atoms with Gasteiger partial charge in [0.05, 0.1) is 28.3 Å². The highest BCUT2D eigenvalue weighted by Gasteiger charge is 2.16. The van der Waals surface area contributed by atoms with Gasteiger partial charge in [0.1, 0.15) is 5.82 Å². The van der Waals surface area contributed by atoms with E-state index < -0.39 is 11.9 Å². The molecule has 4 aromatic rings. The number of rotatable bonds is 9. The van der Waals surface area contributed by atoms with Gasteiger partial charge in [0.15, 0.2) is 0 Å². The van der Waals surface area contributed by atoms with Crippen LogP contribution in [0.4, 0.5) is 4.39 Å². The summed E-state index contributed by atoms with van der Waals surface area (Å²) in [5, 5.41) is 12.6. The topological polar surface area (TPSA) is 92.2 Å². The fourth-order valence-corrected chi connectivity index (χ4v) is 3.96. The van der Waals surface area contributed by atoms with E-state index in [-0.39, 0.29) is 18.3 Å². The molecule has 0 aliphatic rings. The number of aryl methyl sites for hydroxylation is 1. The number of benzene rings is 3. The second-order valence-corrected chi connectivity index (χ2v) is 9.11. The molecule has 0 bridgehead atoms. The Morgan fingerprint density at radius 3 is 2.42 bits per heavy atom. The van der Waals surface area contributed by atoms with Crippen molar-refractivity contribution < 1.29 is 19.1 Å². The van der Waals surface area contributed by atoms with Crippen molar-refractivity contribution in [3.63, 3.8) is 0 Å². The van der Waals surface area contributed by atoms with Crippen molar-refractivity contribution in [2.45, 2.75) is 32.7 Å². The summed E-state index contributed by atoms with van der Waals surface area (Å²) < 4.78 is 13.1. The van der Waals surface area contributed by atoms with Crippen LogP contribution in [-0.4, -0.2) is 27.0 Å². The lowest BCUT2D eigenvalue weighted by Crippen LogP contribution is -2.22. The SMILES string of the molecule is CC(CCCc1nc2cc(C(=O)NCc3ccc(F)cc3)ccc2nc1-c1ccc(Cl)cc1)C(=O)O. The van der Waals surface area contributed by atoms with Crippen molar-refractivity contribution in [1.29, 1.82) is 0 Å². The maximum absolute atomic E-state index is 13.1. The van der Waals surface area contributed by atoms with Gasteiger partial charge >= 0.3 is 5.97 Å². The Morgan fingerprint density at radius 1 is 1.00 bits per heavy atom. The third kappa shape index (κ3) is 6.23. The second kappa shape index (κ2) is 11.3. The molecule has 36 heavy (non-hydrogen) atoms. The summed E-state index contributed by atoms with van der Waals surface area (Å²) in [4.78, 5) is 33.6. The van der Waals surface area contributed by atoms with E-state index in [1.807, 2.05) is 12.1 Å². The normalized spacial score (nSPS) is 11.9. The number of nitrogens with one attached hydrogen (secondary N) is 1. The minimum absolute atomic E-state index is 0.269. The molecule has 0 spiro atoms. The van der Waals surface area contributed by atoms with Crippen LogP contribution in [0.3, 0.4) is 0 Å². The Morgan fingerprint density at radius 2 is 1.72 bits per heavy atom. The van der Waals surface area contributed by atoms with Gasteiger partial charge in [0.25, 0.3) is 5.91 Å². The summed E-state index contributed by atoms with van der Waals surface area (Å²) in [5.41, 5.74) is 4.72. The van der Waals surface area contributed by atoms with Crippen LogP contribution < -0.4 is 5.32 Å². The van der Waals surface area contributed by atoms with Crippen LogP contribution in [0.15, 0.2) is 66.7 Å². The molecule has 0 fully saturated rings. The first kappa shape index (κ1) is 25.3. The Kier molecular flexibility index (Phi) is 7.90. The molecule has 184 valence electrons. The molecule has 0 aliphatic heterocycles. The number of carboxylic acids is 1. The van der Waals surface area contributed by atoms with Gasteiger partial charge in [0, 0.05) is 22.7 Å². The van der Waals surface area contributed by atoms with Crippen molar-refractivity contribution in [2.24, 2.45) is 5.92 Å². The van der Waals surface area contributed by atoms with Crippen molar-refractivity contribution in [3.8, 4) is 11.3 Å². The molecule has 3 aromatic carbocycles. The monoisotopic (exact) mass is 505 g/mol. The summed E-state index contributed by atoms with van der Waals surface area (Å²) in [5.74, 6) is -1.88. The Bertz CT molecular complexity index is 1390. The number of aromatic nitrogens is 2. The predicted octanol–water partition coefficient (Wildman–Crippen LogP) is 6.06. The largest absolute Gasteiger partial charge is 0.481 e. The van der Waals surface area contributed by atoms with E-state index in [0.717, 1.165) is 16.8 Å². The summed E-state index contributed by atoms with van der Waals surface area (Å²) in [6.07, 6.45) is 1.69. The van der Waals surface area contributed by atoms with Crippen LogP contribution >= 0.6 is 11.6 Å². The van der Waals surface area contributed by atoms with Gasteiger partial charge in [-0.1, -0.05) is 42.8 Å². The molecule has 1 amide bonds. The van der Waals surface area contributed by atoms with Gasteiger partial charge < -0.3 is 10.4 Å². The van der Waals surface area contributed by atoms with Gasteiger partial charge in [-0.05, 0) is 67.3 Å². The number of carbonyl (C=O) groups is 2. The van der Waals surface area contributed by atoms with Crippen LogP contribution in [0.1, 0.15) is 41.4 Å². The molecular formula is C28H25ClFN3O3. The van der Waals surface area contributed by atoms with Crippen LogP contribution in [0.5, 0.6) is 0 Å². The van der Waals surface area contributed by atoms with Gasteiger partial charge in [0.2, 0.25) is 0 Å². The summed E-state index contributed by atoms with van der Waals surface area (Å²) in [6.45, 7) is 1.96. The van der Waals surface area contributed by atoms with Crippen LogP contribution in [-0.2, 0) is 17.8 Å². The molecule has 0 aliphatic carbocycles. The molecular weight excluding hydrogens is 481 g/mol. The third-order valence-corrected chi connectivity index (χ3v) is 6.21. The zero-order valence-electron chi connectivity index (χ0n) is 19.7. The highest BCUT2D eigenvalue weighted by atomic mass is 35.5. The highest BCUT2D eigenvalue weighted by molar-refractivity contribution is 6.30. The number of aliphatic carboxylic acids is 1. The maximum Gasteiger partial charge on any atom is 0.306 e. The molecule has 1 atom stereocenters. The molecule has 2 N–H and O–H groups in total. The molecule has 0 saturated heterocycles. The minimum atomic E-state index is -0.825. The highest BCUT2D eigenvalue weighted by Crippen LogP contribution is 2.27. The number of hydrogen-bond donors (Lipinski definition) is 2. The van der Waals surface area contributed by atoms with Gasteiger partial charge in [-0.3, -0.25) is 9.59 Å². The fourth-order valence-electron chi connectivity index (χ4n) is 3.83. The Hall–Kier alpha value is -3.84. The van der Waals surface area contributed by atoms with Crippen molar-refractivity contribution >= 4 is 34.5 Å². The number of carboxylic acid groups (broad SMARTS) is 1. The van der Waals surface area contributed by atoms with Gasteiger partial charge in [-0.15, -0.1) is 0 Å². The number of fused-ring (bicyclic) bond motifs is 1. The number of nitrogens with zero attached hydrogens (tertiary/aromatic N) is 2. The minimum Gasteiger partial charge on any atom is -0.481 e. The lowest BCUT2D eigenvalue weighted by molar-refractivity contribution is -0.141. The number of carbonyl (C=O) groups excluding carboxylic acids is 1. The maximum atomic E-state index is 13.1. The van der Waals surface area contributed by atoms with Crippen LogP contribution in [0.25, 0.3) is 22.3 Å². The molecule has 8 heteroatoms. The third-order valence-electron chi connectivity index (χ3n) is 5.95. The molecule has 1 heterocycles. The van der Waals surface area contributed by atoms with Crippen LogP contribution in [0, 0.1) is 11.7 Å². The van der Waals surface area contributed by atoms with E-state index in [9.17, 15) is 19.1 Å². The molecule has 0 radical (unpaired) electrons. The van der Waals surface area contributed by atoms with E-state index in [1.54, 1.807) is 49.4 Å². The first-order valence-corrected chi connectivity index (χ1v) is 12.0. The van der Waals surface area contributed by atoms with Gasteiger partial charge in [-0.25, -0.2) is 14.4 Å². The molecule has 6 nitrogen and oxygen atoms in total. The van der Waals surface area contributed by atoms with Crippen molar-refractivity contribution in [2.75, 3.05) is 0 Å². The molecule has 0 saturated carbocycles. The van der Waals surface area contributed by atoms with Crippen LogP contribution in [0.2, 0.25) is 5.02 Å². The number of amides is 1. The predicted molar refractivity (Wildman–Crippen MR) is 137 cm³/mol. The smallest absolute Gasteiger partial charge is 0.306 e. The van der Waals surface area contributed by atoms with Crippen molar-refractivity contribution in [1.82, 2.24) is 15.3 Å². The summed E-state index contributed by atoms with van der Waals surface area (Å²) in [6, 6.07) is 18.4. The van der Waals surface area contributed by atoms with E-state index in [2.05, 4.69) is 5.32 Å². The lowest BCUT2D eigenvalue weighted by Gasteiger charge is -2.12. The van der Waals surface area contributed by atoms with E-state index in [4.69, 9.17) is 21.6 Å². The molecule has 1 unspecified atom stereocenters. The van der Waals surface area contributed by atoms with Gasteiger partial charge in [-0.2, -0.15) is 0 Å².